The molecule has 4 nitrogen and oxygen atoms in total. The number of ether oxygens (including phenoxy) is 1. The molecule has 0 aromatic carbocycles. The Morgan fingerprint density at radius 3 is 2.60 bits per heavy atom. The monoisotopic (exact) mass is 165 g/mol. The fraction of sp³-hybridized carbons (Fsp3) is 0.600. The van der Waals surface area contributed by atoms with Crippen LogP contribution in [-0.2, 0) is 14.3 Å². The first-order valence-corrected chi connectivity index (χ1v) is 3.16. The van der Waals surface area contributed by atoms with Gasteiger partial charge >= 0.3 is 5.97 Å². The van der Waals surface area contributed by atoms with Crippen molar-refractivity contribution in [3.05, 3.63) is 0 Å². The van der Waals surface area contributed by atoms with Gasteiger partial charge in [0.25, 0.3) is 0 Å². The lowest BCUT2D eigenvalue weighted by Gasteiger charge is -1.99. The van der Waals surface area contributed by atoms with Crippen LogP contribution in [0.15, 0.2) is 0 Å². The molecular weight excluding hydrogens is 158 g/mol. The minimum atomic E-state index is -0.537. The molecule has 0 spiro atoms. The molecule has 0 fully saturated rings. The number of alkyl halides is 1. The summed E-state index contributed by atoms with van der Waals surface area (Å²) in [7, 11) is 0. The zero-order valence-corrected chi connectivity index (χ0v) is 6.27. The Hall–Kier alpha value is -0.770. The lowest BCUT2D eigenvalue weighted by molar-refractivity contribution is -0.141. The van der Waals surface area contributed by atoms with Crippen molar-refractivity contribution in [2.75, 3.05) is 12.6 Å². The van der Waals surface area contributed by atoms with E-state index in [4.69, 9.17) is 11.6 Å². The SMILES string of the molecule is CC(=O)NCC(=O)OCCl. The molecule has 0 radical (unpaired) electrons. The molecular formula is C5H8ClNO3. The van der Waals surface area contributed by atoms with Crippen LogP contribution in [-0.4, -0.2) is 24.5 Å². The zero-order chi connectivity index (χ0) is 7.98. The Bertz CT molecular complexity index is 137. The van der Waals surface area contributed by atoms with Crippen LogP contribution in [0.25, 0.3) is 0 Å². The first-order valence-electron chi connectivity index (χ1n) is 2.63. The second-order valence-corrected chi connectivity index (χ2v) is 1.75. The van der Waals surface area contributed by atoms with Crippen molar-refractivity contribution in [3.63, 3.8) is 0 Å². The summed E-state index contributed by atoms with van der Waals surface area (Å²) in [5.74, 6) is -0.809. The van der Waals surface area contributed by atoms with Gasteiger partial charge in [0, 0.05) is 6.92 Å². The highest BCUT2D eigenvalue weighted by molar-refractivity contribution is 6.17. The highest BCUT2D eigenvalue weighted by atomic mass is 35.5. The summed E-state index contributed by atoms with van der Waals surface area (Å²) in [6.45, 7) is 1.19. The minimum Gasteiger partial charge on any atom is -0.448 e. The fourth-order valence-corrected chi connectivity index (χ4v) is 0.430. The molecule has 0 heterocycles. The Morgan fingerprint density at radius 1 is 1.60 bits per heavy atom. The number of esters is 1. The average molecular weight is 166 g/mol. The highest BCUT2D eigenvalue weighted by Gasteiger charge is 2.00. The van der Waals surface area contributed by atoms with Crippen molar-refractivity contribution < 1.29 is 14.3 Å². The third-order valence-electron chi connectivity index (χ3n) is 0.697. The van der Waals surface area contributed by atoms with Crippen molar-refractivity contribution in [2.45, 2.75) is 6.92 Å². The molecule has 58 valence electrons. The van der Waals surface area contributed by atoms with Gasteiger partial charge in [-0.2, -0.15) is 0 Å². The number of halogens is 1. The number of carbonyl (C=O) groups excluding carboxylic acids is 2. The third-order valence-corrected chi connectivity index (χ3v) is 0.806. The number of nitrogens with one attached hydrogen (secondary N) is 1. The summed E-state index contributed by atoms with van der Waals surface area (Å²) in [6, 6.07) is -0.182. The Labute approximate surface area is 63.5 Å². The van der Waals surface area contributed by atoms with Gasteiger partial charge in [-0.25, -0.2) is 0 Å². The van der Waals surface area contributed by atoms with Gasteiger partial charge in [-0.15, -0.1) is 0 Å². The van der Waals surface area contributed by atoms with Gasteiger partial charge in [-0.3, -0.25) is 9.59 Å². The van der Waals surface area contributed by atoms with E-state index in [1.165, 1.54) is 6.92 Å². The molecule has 0 aliphatic rings. The summed E-state index contributed by atoms with van der Waals surface area (Å²) >= 11 is 5.06. The van der Waals surface area contributed by atoms with Crippen molar-refractivity contribution in [3.8, 4) is 0 Å². The van der Waals surface area contributed by atoms with Crippen LogP contribution in [0.1, 0.15) is 6.92 Å². The molecule has 0 atom stereocenters. The summed E-state index contributed by atoms with van der Waals surface area (Å²) in [6.07, 6.45) is 0. The van der Waals surface area contributed by atoms with E-state index in [0.29, 0.717) is 0 Å². The molecule has 0 bridgehead atoms. The molecule has 0 saturated carbocycles. The number of hydrogen-bond donors (Lipinski definition) is 1. The molecule has 0 unspecified atom stereocenters. The molecule has 5 heteroatoms. The van der Waals surface area contributed by atoms with E-state index in [-0.39, 0.29) is 18.5 Å². The summed E-state index contributed by atoms with van der Waals surface area (Å²) in [5, 5.41) is 2.26. The number of rotatable bonds is 3. The third kappa shape index (κ3) is 5.37. The van der Waals surface area contributed by atoms with E-state index in [1.807, 2.05) is 0 Å². The van der Waals surface area contributed by atoms with Gasteiger partial charge in [0.2, 0.25) is 5.91 Å². The van der Waals surface area contributed by atoms with Gasteiger partial charge in [0.15, 0.2) is 6.07 Å². The first-order chi connectivity index (χ1) is 4.66. The second kappa shape index (κ2) is 5.05. The van der Waals surface area contributed by atoms with Crippen LogP contribution in [0.3, 0.4) is 0 Å². The molecule has 0 aromatic rings. The predicted molar refractivity (Wildman–Crippen MR) is 35.5 cm³/mol. The normalized spacial score (nSPS) is 8.60. The van der Waals surface area contributed by atoms with Gasteiger partial charge < -0.3 is 10.1 Å². The lowest BCUT2D eigenvalue weighted by atomic mass is 10.6. The van der Waals surface area contributed by atoms with Gasteiger partial charge in [0.1, 0.15) is 6.54 Å². The van der Waals surface area contributed by atoms with Crippen LogP contribution < -0.4 is 5.32 Å². The average Bonchev–Trinajstić information content (AvgIpc) is 1.85. The fourth-order valence-electron chi connectivity index (χ4n) is 0.309. The second-order valence-electron chi connectivity index (χ2n) is 1.54. The maximum absolute atomic E-state index is 10.4. The number of carbonyl (C=O) groups is 2. The molecule has 0 aliphatic carbocycles. The maximum atomic E-state index is 10.4. The molecule has 10 heavy (non-hydrogen) atoms. The lowest BCUT2D eigenvalue weighted by Crippen LogP contribution is -2.28. The van der Waals surface area contributed by atoms with Gasteiger partial charge in [0.05, 0.1) is 0 Å². The molecule has 0 aliphatic heterocycles. The van der Waals surface area contributed by atoms with Crippen LogP contribution in [0, 0.1) is 0 Å². The summed E-state index contributed by atoms with van der Waals surface area (Å²) in [4.78, 5) is 20.6. The highest BCUT2D eigenvalue weighted by Crippen LogP contribution is 1.79. The Kier molecular flexibility index (Phi) is 4.66. The first kappa shape index (κ1) is 9.23. The molecule has 0 rings (SSSR count). The quantitative estimate of drug-likeness (QED) is 0.468. The van der Waals surface area contributed by atoms with Gasteiger partial charge in [-0.1, -0.05) is 11.6 Å². The van der Waals surface area contributed by atoms with Crippen LogP contribution in [0.4, 0.5) is 0 Å². The Balaban J connectivity index is 3.30. The standard InChI is InChI=1S/C5H8ClNO3/c1-4(8)7-2-5(9)10-3-6/h2-3H2,1H3,(H,7,8). The van der Waals surface area contributed by atoms with E-state index in [9.17, 15) is 9.59 Å². The van der Waals surface area contributed by atoms with Crippen molar-refractivity contribution in [2.24, 2.45) is 0 Å². The van der Waals surface area contributed by atoms with Crippen molar-refractivity contribution in [1.82, 2.24) is 5.32 Å². The van der Waals surface area contributed by atoms with E-state index < -0.39 is 5.97 Å². The summed E-state index contributed by atoms with van der Waals surface area (Å²) < 4.78 is 4.30. The zero-order valence-electron chi connectivity index (χ0n) is 5.52. The molecule has 1 amide bonds. The maximum Gasteiger partial charge on any atom is 0.326 e. The largest absolute Gasteiger partial charge is 0.448 e. The molecule has 0 aromatic heterocycles. The van der Waals surface area contributed by atoms with Crippen LogP contribution in [0.2, 0.25) is 0 Å². The molecule has 1 N–H and O–H groups in total. The molecule has 0 saturated heterocycles. The smallest absolute Gasteiger partial charge is 0.326 e. The summed E-state index contributed by atoms with van der Waals surface area (Å²) in [5.41, 5.74) is 0. The van der Waals surface area contributed by atoms with E-state index in [0.717, 1.165) is 0 Å². The Morgan fingerprint density at radius 2 is 2.20 bits per heavy atom. The number of amides is 1. The van der Waals surface area contributed by atoms with E-state index in [2.05, 4.69) is 10.1 Å². The van der Waals surface area contributed by atoms with Crippen molar-refractivity contribution in [1.29, 1.82) is 0 Å². The minimum absolute atomic E-state index is 0.123. The topological polar surface area (TPSA) is 55.4 Å². The van der Waals surface area contributed by atoms with Crippen LogP contribution >= 0.6 is 11.6 Å². The van der Waals surface area contributed by atoms with E-state index >= 15 is 0 Å². The van der Waals surface area contributed by atoms with Crippen LogP contribution in [0.5, 0.6) is 0 Å². The van der Waals surface area contributed by atoms with Gasteiger partial charge in [-0.05, 0) is 0 Å². The van der Waals surface area contributed by atoms with Crippen molar-refractivity contribution >= 4 is 23.5 Å². The number of hydrogen-bond acceptors (Lipinski definition) is 3. The van der Waals surface area contributed by atoms with E-state index in [1.54, 1.807) is 0 Å². The predicted octanol–water partition coefficient (Wildman–Crippen LogP) is -0.138.